The van der Waals surface area contributed by atoms with Crippen molar-refractivity contribution in [3.8, 4) is 5.75 Å². The van der Waals surface area contributed by atoms with E-state index in [1.165, 1.54) is 21.6 Å². The van der Waals surface area contributed by atoms with E-state index in [0.717, 1.165) is 12.1 Å². The summed E-state index contributed by atoms with van der Waals surface area (Å²) in [6, 6.07) is 2.35. The first kappa shape index (κ1) is 28.5. The predicted molar refractivity (Wildman–Crippen MR) is 130 cm³/mol. The summed E-state index contributed by atoms with van der Waals surface area (Å²) in [5.74, 6) is -2.56. The van der Waals surface area contributed by atoms with Gasteiger partial charge in [-0.25, -0.2) is 4.39 Å². The molecule has 0 aliphatic carbocycles. The van der Waals surface area contributed by atoms with Crippen molar-refractivity contribution in [3.63, 3.8) is 0 Å². The number of hydrogen-bond acceptors (Lipinski definition) is 4. The van der Waals surface area contributed by atoms with E-state index in [9.17, 15) is 32.3 Å². The van der Waals surface area contributed by atoms with Crippen molar-refractivity contribution in [2.45, 2.75) is 52.9 Å². The number of fused-ring (bicyclic) bond motifs is 1. The third-order valence-electron chi connectivity index (χ3n) is 5.62. The zero-order valence-corrected chi connectivity index (χ0v) is 20.6. The minimum Gasteiger partial charge on any atom is -0.501 e. The van der Waals surface area contributed by atoms with Crippen LogP contribution in [-0.4, -0.2) is 38.1 Å². The van der Waals surface area contributed by atoms with Crippen molar-refractivity contribution in [3.05, 3.63) is 87.9 Å². The molecule has 0 unspecified atom stereocenters. The van der Waals surface area contributed by atoms with E-state index in [1.807, 2.05) is 27.7 Å². The second-order valence-electron chi connectivity index (χ2n) is 7.99. The highest BCUT2D eigenvalue weighted by Gasteiger charge is 2.34. The van der Waals surface area contributed by atoms with Crippen LogP contribution in [0.1, 0.15) is 55.1 Å². The summed E-state index contributed by atoms with van der Waals surface area (Å²) in [6.07, 6.45) is -2.18. The Balaban J connectivity index is 0.00000222. The molecule has 6 nitrogen and oxygen atoms in total. The summed E-state index contributed by atoms with van der Waals surface area (Å²) in [5.41, 5.74) is -1.76. The molecule has 1 aliphatic rings. The highest BCUT2D eigenvalue weighted by atomic mass is 19.4. The van der Waals surface area contributed by atoms with E-state index in [1.54, 1.807) is 0 Å². The van der Waals surface area contributed by atoms with Gasteiger partial charge in [0.25, 0.3) is 5.91 Å². The molecule has 3 rings (SSSR count). The maximum absolute atomic E-state index is 14.2. The summed E-state index contributed by atoms with van der Waals surface area (Å²) in [6.45, 7) is 15.6. The van der Waals surface area contributed by atoms with Gasteiger partial charge in [-0.3, -0.25) is 9.59 Å². The molecule has 0 spiro atoms. The number of carbonyl (C=O) groups excluding carboxylic acids is 1. The summed E-state index contributed by atoms with van der Waals surface area (Å²) < 4.78 is 54.4. The predicted octanol–water partition coefficient (Wildman–Crippen LogP) is 5.37. The highest BCUT2D eigenvalue weighted by molar-refractivity contribution is 5.96. The fourth-order valence-corrected chi connectivity index (χ4v) is 3.91. The van der Waals surface area contributed by atoms with Gasteiger partial charge in [0.1, 0.15) is 11.6 Å². The standard InChI is InChI=1S/C24H23F4N3O3.C2H6/c1-5-14(16(6-2)15-7-8-17(18(25)11-15)24(26,27)28)12-19-29-22(33)21(32)20-23(34)30(13(3)4)9-10-31(19)20;1-2/h5-8,11,13,32H,1-2,9-10,12H2,3-4H3;1-2H3/b16-14-;. The Morgan fingerprint density at radius 3 is 2.31 bits per heavy atom. The highest BCUT2D eigenvalue weighted by Crippen LogP contribution is 2.34. The van der Waals surface area contributed by atoms with E-state index in [-0.39, 0.29) is 41.7 Å². The Morgan fingerprint density at radius 1 is 1.17 bits per heavy atom. The lowest BCUT2D eigenvalue weighted by molar-refractivity contribution is -0.140. The molecule has 0 saturated heterocycles. The fourth-order valence-electron chi connectivity index (χ4n) is 3.91. The van der Waals surface area contributed by atoms with Gasteiger partial charge in [0.15, 0.2) is 5.69 Å². The van der Waals surface area contributed by atoms with Crippen LogP contribution in [0.3, 0.4) is 0 Å². The maximum atomic E-state index is 14.2. The molecule has 0 saturated carbocycles. The van der Waals surface area contributed by atoms with Gasteiger partial charge in [-0.2, -0.15) is 18.2 Å². The zero-order chi connectivity index (χ0) is 27.4. The van der Waals surface area contributed by atoms with Gasteiger partial charge in [0.05, 0.1) is 5.56 Å². The largest absolute Gasteiger partial charge is 0.501 e. The van der Waals surface area contributed by atoms with Crippen molar-refractivity contribution in [1.82, 2.24) is 14.5 Å². The van der Waals surface area contributed by atoms with Crippen LogP contribution in [0, 0.1) is 5.82 Å². The minimum atomic E-state index is -4.84. The molecule has 194 valence electrons. The van der Waals surface area contributed by atoms with Crippen LogP contribution >= 0.6 is 0 Å². The molecule has 0 fully saturated rings. The van der Waals surface area contributed by atoms with Crippen LogP contribution in [0.25, 0.3) is 5.57 Å². The summed E-state index contributed by atoms with van der Waals surface area (Å²) in [4.78, 5) is 30.6. The Morgan fingerprint density at radius 2 is 1.81 bits per heavy atom. The number of allylic oxidation sites excluding steroid dienone is 4. The molecule has 1 amide bonds. The number of carbonyl (C=O) groups is 1. The van der Waals surface area contributed by atoms with Gasteiger partial charge in [-0.1, -0.05) is 45.2 Å². The topological polar surface area (TPSA) is 75.4 Å². The van der Waals surface area contributed by atoms with Crippen molar-refractivity contribution in [2.24, 2.45) is 0 Å². The number of rotatable bonds is 6. The smallest absolute Gasteiger partial charge is 0.419 e. The number of halogens is 4. The monoisotopic (exact) mass is 507 g/mol. The average Bonchev–Trinajstić information content (AvgIpc) is 2.82. The second-order valence-corrected chi connectivity index (χ2v) is 7.99. The third kappa shape index (κ3) is 5.58. The molecule has 0 bridgehead atoms. The van der Waals surface area contributed by atoms with E-state index in [4.69, 9.17) is 0 Å². The summed E-state index contributed by atoms with van der Waals surface area (Å²) in [5, 5.41) is 10.3. The van der Waals surface area contributed by atoms with Crippen LogP contribution in [0.4, 0.5) is 17.6 Å². The van der Waals surface area contributed by atoms with Crippen LogP contribution < -0.4 is 5.56 Å². The van der Waals surface area contributed by atoms with Crippen molar-refractivity contribution in [2.75, 3.05) is 6.54 Å². The molecule has 1 aromatic carbocycles. The fraction of sp³-hybridized carbons (Fsp3) is 0.346. The Labute approximate surface area is 206 Å². The molecule has 1 aromatic heterocycles. The number of hydrogen-bond donors (Lipinski definition) is 1. The number of alkyl halides is 3. The van der Waals surface area contributed by atoms with Crippen molar-refractivity contribution in [1.29, 1.82) is 0 Å². The van der Waals surface area contributed by atoms with Gasteiger partial charge < -0.3 is 14.6 Å². The number of aromatic hydroxyl groups is 1. The second kappa shape index (κ2) is 11.4. The summed E-state index contributed by atoms with van der Waals surface area (Å²) >= 11 is 0. The molecule has 1 N–H and O–H groups in total. The van der Waals surface area contributed by atoms with Crippen LogP contribution in [-0.2, 0) is 19.1 Å². The van der Waals surface area contributed by atoms with Gasteiger partial charge in [-0.05, 0) is 42.7 Å². The quantitative estimate of drug-likeness (QED) is 0.422. The number of nitrogens with zero attached hydrogens (tertiary/aromatic N) is 3. The average molecular weight is 508 g/mol. The minimum absolute atomic E-state index is 0.0645. The molecular weight excluding hydrogens is 478 g/mol. The van der Waals surface area contributed by atoms with Gasteiger partial charge in [0, 0.05) is 25.6 Å². The molecule has 1 aliphatic heterocycles. The first-order chi connectivity index (χ1) is 16.9. The third-order valence-corrected chi connectivity index (χ3v) is 5.62. The zero-order valence-electron chi connectivity index (χ0n) is 20.6. The van der Waals surface area contributed by atoms with Crippen LogP contribution in [0.5, 0.6) is 5.75 Å². The van der Waals surface area contributed by atoms with Gasteiger partial charge in [-0.15, -0.1) is 0 Å². The van der Waals surface area contributed by atoms with Crippen LogP contribution in [0.2, 0.25) is 0 Å². The first-order valence-electron chi connectivity index (χ1n) is 11.4. The number of aromatic nitrogens is 2. The van der Waals surface area contributed by atoms with E-state index in [0.29, 0.717) is 18.2 Å². The van der Waals surface area contributed by atoms with Gasteiger partial charge in [0.2, 0.25) is 5.75 Å². The number of amides is 1. The van der Waals surface area contributed by atoms with Gasteiger partial charge >= 0.3 is 11.7 Å². The Hall–Kier alpha value is -3.69. The lowest BCUT2D eigenvalue weighted by Gasteiger charge is -2.34. The molecule has 2 aromatic rings. The van der Waals surface area contributed by atoms with E-state index < -0.39 is 34.8 Å². The molecule has 0 radical (unpaired) electrons. The Bertz CT molecular complexity index is 1260. The SMILES string of the molecule is C=C/C(Cc1nc(=O)c(O)c2n1CCN(C(C)C)C2=O)=C(\C=C)c1ccc(C(F)(F)F)c(F)c1.CC. The van der Waals surface area contributed by atoms with Crippen molar-refractivity contribution >= 4 is 11.5 Å². The van der Waals surface area contributed by atoms with Crippen molar-refractivity contribution < 1.29 is 27.5 Å². The van der Waals surface area contributed by atoms with E-state index in [2.05, 4.69) is 18.1 Å². The maximum Gasteiger partial charge on any atom is 0.419 e. The first-order valence-corrected chi connectivity index (χ1v) is 11.4. The molecule has 0 atom stereocenters. The lowest BCUT2D eigenvalue weighted by atomic mass is 9.96. The molecule has 2 heterocycles. The molecule has 36 heavy (non-hydrogen) atoms. The normalized spacial score (nSPS) is 14.0. The van der Waals surface area contributed by atoms with Crippen LogP contribution in [0.15, 0.2) is 53.9 Å². The number of benzene rings is 1. The Kier molecular flexibility index (Phi) is 9.01. The molecular formula is C26H29F4N3O3. The van der Waals surface area contributed by atoms with E-state index >= 15 is 0 Å². The molecule has 10 heteroatoms. The lowest BCUT2D eigenvalue weighted by Crippen LogP contribution is -2.46. The summed E-state index contributed by atoms with van der Waals surface area (Å²) in [7, 11) is 0.